The van der Waals surface area contributed by atoms with E-state index in [-0.39, 0.29) is 24.9 Å². The molecule has 2 heterocycles. The second-order valence-corrected chi connectivity index (χ2v) is 7.79. The Balaban J connectivity index is 1.51. The Kier molecular flexibility index (Phi) is 7.72. The zero-order valence-electron chi connectivity index (χ0n) is 17.8. The van der Waals surface area contributed by atoms with Crippen molar-refractivity contribution in [3.8, 4) is 5.75 Å². The third-order valence-electron chi connectivity index (χ3n) is 5.72. The smallest absolute Gasteiger partial charge is 0.118 e. The van der Waals surface area contributed by atoms with Gasteiger partial charge in [0.15, 0.2) is 0 Å². The van der Waals surface area contributed by atoms with Crippen LogP contribution in [0.1, 0.15) is 17.5 Å². The molecule has 0 amide bonds. The lowest BCUT2D eigenvalue weighted by Crippen LogP contribution is -2.60. The first-order chi connectivity index (χ1) is 15.3. The van der Waals surface area contributed by atoms with Gasteiger partial charge < -0.3 is 28.8 Å². The highest BCUT2D eigenvalue weighted by Gasteiger charge is 2.47. The fourth-order valence-corrected chi connectivity index (χ4v) is 4.07. The molecule has 31 heavy (non-hydrogen) atoms. The fraction of sp³-hybridized carbons (Fsp3) is 0.440. The highest BCUT2D eigenvalue weighted by Crippen LogP contribution is 2.32. The van der Waals surface area contributed by atoms with Crippen molar-refractivity contribution in [3.05, 3.63) is 77.9 Å². The molecule has 0 aliphatic carbocycles. The van der Waals surface area contributed by atoms with Gasteiger partial charge in [-0.2, -0.15) is 0 Å². The molecule has 0 unspecified atom stereocenters. The van der Waals surface area contributed by atoms with Crippen molar-refractivity contribution >= 4 is 0 Å². The van der Waals surface area contributed by atoms with Crippen LogP contribution in [-0.2, 0) is 32.2 Å². The molecule has 6 heteroatoms. The molecule has 1 N–H and O–H groups in total. The van der Waals surface area contributed by atoms with E-state index in [4.69, 9.17) is 23.7 Å². The molecule has 166 valence electrons. The Bertz CT molecular complexity index is 822. The quantitative estimate of drug-likeness (QED) is 0.654. The second kappa shape index (κ2) is 10.9. The molecule has 0 saturated carbocycles. The van der Waals surface area contributed by atoms with Crippen molar-refractivity contribution in [3.63, 3.8) is 0 Å². The summed E-state index contributed by atoms with van der Waals surface area (Å²) < 4.78 is 30.2. The van der Waals surface area contributed by atoms with E-state index in [0.29, 0.717) is 19.8 Å². The molecule has 0 radical (unpaired) electrons. The van der Waals surface area contributed by atoms with Crippen molar-refractivity contribution < 1.29 is 28.8 Å². The first kappa shape index (κ1) is 22.0. The number of benzene rings is 2. The summed E-state index contributed by atoms with van der Waals surface area (Å²) in [6.07, 6.45) is 3.00. The highest BCUT2D eigenvalue weighted by atomic mass is 16.6. The van der Waals surface area contributed by atoms with Crippen LogP contribution >= 0.6 is 0 Å². The Hall–Kier alpha value is -2.22. The van der Waals surface area contributed by atoms with Crippen LogP contribution in [-0.4, -0.2) is 55.9 Å². The second-order valence-electron chi connectivity index (χ2n) is 7.79. The molecular formula is C25H30O6. The van der Waals surface area contributed by atoms with Crippen molar-refractivity contribution in [2.24, 2.45) is 0 Å². The molecule has 1 fully saturated rings. The maximum absolute atomic E-state index is 10.1. The molecule has 4 rings (SSSR count). The number of fused-ring (bicyclic) bond motifs is 1. The Morgan fingerprint density at radius 3 is 2.32 bits per heavy atom. The van der Waals surface area contributed by atoms with Crippen LogP contribution in [0.5, 0.6) is 5.75 Å². The van der Waals surface area contributed by atoms with Gasteiger partial charge in [0.25, 0.3) is 0 Å². The SMILES string of the molecule is COc1ccc(CO[C@H]2[C@H](OCc3ccccc3)[C@H]3OCC=CC[C@@H]3O[C@@H]2CO)cc1. The van der Waals surface area contributed by atoms with Gasteiger partial charge in [-0.3, -0.25) is 0 Å². The number of ether oxygens (including phenoxy) is 5. The molecule has 0 aromatic heterocycles. The normalized spacial score (nSPS) is 28.0. The van der Waals surface area contributed by atoms with Gasteiger partial charge in [0.1, 0.15) is 30.2 Å². The van der Waals surface area contributed by atoms with Gasteiger partial charge in [-0.15, -0.1) is 0 Å². The molecular weight excluding hydrogens is 396 g/mol. The van der Waals surface area contributed by atoms with Gasteiger partial charge in [-0.25, -0.2) is 0 Å². The number of methoxy groups -OCH3 is 1. The average molecular weight is 427 g/mol. The van der Waals surface area contributed by atoms with Gasteiger partial charge in [0.2, 0.25) is 0 Å². The molecule has 0 bridgehead atoms. The molecule has 2 aromatic carbocycles. The summed E-state index contributed by atoms with van der Waals surface area (Å²) in [6.45, 7) is 1.16. The monoisotopic (exact) mass is 426 g/mol. The zero-order chi connectivity index (χ0) is 21.5. The van der Waals surface area contributed by atoms with Crippen molar-refractivity contribution in [1.29, 1.82) is 0 Å². The molecule has 5 atom stereocenters. The van der Waals surface area contributed by atoms with Crippen LogP contribution in [0.4, 0.5) is 0 Å². The summed E-state index contributed by atoms with van der Waals surface area (Å²) in [6, 6.07) is 17.8. The van der Waals surface area contributed by atoms with E-state index in [9.17, 15) is 5.11 Å². The lowest BCUT2D eigenvalue weighted by molar-refractivity contribution is -0.264. The first-order valence-corrected chi connectivity index (χ1v) is 10.7. The molecule has 2 aromatic rings. The molecule has 2 aliphatic rings. The van der Waals surface area contributed by atoms with E-state index >= 15 is 0 Å². The van der Waals surface area contributed by atoms with E-state index in [1.54, 1.807) is 7.11 Å². The molecule has 1 saturated heterocycles. The number of hydrogen-bond donors (Lipinski definition) is 1. The minimum Gasteiger partial charge on any atom is -0.497 e. The van der Waals surface area contributed by atoms with Crippen LogP contribution in [0.2, 0.25) is 0 Å². The Morgan fingerprint density at radius 1 is 0.903 bits per heavy atom. The van der Waals surface area contributed by atoms with E-state index in [1.165, 1.54) is 0 Å². The minimum atomic E-state index is -0.490. The summed E-state index contributed by atoms with van der Waals surface area (Å²) in [4.78, 5) is 0. The standard InChI is InChI=1S/C25H30O6/c1-27-20-12-10-19(11-13-20)17-29-24-22(15-26)31-21-9-5-6-14-28-23(21)25(24)30-16-18-7-3-2-4-8-18/h2-8,10-13,21-26H,9,14-17H2,1H3/t21-,22+,23-,24+,25+/m0/s1. The van der Waals surface area contributed by atoms with Gasteiger partial charge in [0, 0.05) is 0 Å². The predicted octanol–water partition coefficient (Wildman–Crippen LogP) is 3.27. The van der Waals surface area contributed by atoms with Crippen LogP contribution in [0.25, 0.3) is 0 Å². The summed E-state index contributed by atoms with van der Waals surface area (Å²) in [5, 5.41) is 10.1. The van der Waals surface area contributed by atoms with Gasteiger partial charge in [-0.1, -0.05) is 54.6 Å². The zero-order valence-corrected chi connectivity index (χ0v) is 17.8. The average Bonchev–Trinajstić information content (AvgIpc) is 3.07. The summed E-state index contributed by atoms with van der Waals surface area (Å²) in [5.74, 6) is 0.796. The highest BCUT2D eigenvalue weighted by molar-refractivity contribution is 5.26. The number of hydrogen-bond acceptors (Lipinski definition) is 6. The summed E-state index contributed by atoms with van der Waals surface area (Å²) in [7, 11) is 1.64. The van der Waals surface area contributed by atoms with Crippen LogP contribution in [0.3, 0.4) is 0 Å². The van der Waals surface area contributed by atoms with Crippen LogP contribution in [0.15, 0.2) is 66.7 Å². The van der Waals surface area contributed by atoms with E-state index in [1.807, 2.05) is 60.7 Å². The number of aliphatic hydroxyl groups is 1. The maximum Gasteiger partial charge on any atom is 0.118 e. The van der Waals surface area contributed by atoms with Gasteiger partial charge in [-0.05, 0) is 29.7 Å². The van der Waals surface area contributed by atoms with E-state index < -0.39 is 12.2 Å². The molecule has 0 spiro atoms. The lowest BCUT2D eigenvalue weighted by atomic mass is 9.93. The minimum absolute atomic E-state index is 0.147. The topological polar surface area (TPSA) is 66.4 Å². The number of aliphatic hydroxyl groups excluding tert-OH is 1. The summed E-state index contributed by atoms with van der Waals surface area (Å²) >= 11 is 0. The predicted molar refractivity (Wildman–Crippen MR) is 116 cm³/mol. The van der Waals surface area contributed by atoms with E-state index in [0.717, 1.165) is 23.3 Å². The van der Waals surface area contributed by atoms with Gasteiger partial charge in [0.05, 0.1) is 39.6 Å². The maximum atomic E-state index is 10.1. The number of rotatable bonds is 8. The molecule has 2 aliphatic heterocycles. The van der Waals surface area contributed by atoms with Crippen molar-refractivity contribution in [2.45, 2.75) is 50.2 Å². The van der Waals surface area contributed by atoms with E-state index in [2.05, 4.69) is 6.08 Å². The fourth-order valence-electron chi connectivity index (χ4n) is 4.07. The van der Waals surface area contributed by atoms with Crippen LogP contribution in [0, 0.1) is 0 Å². The van der Waals surface area contributed by atoms with Crippen molar-refractivity contribution in [1.82, 2.24) is 0 Å². The summed E-state index contributed by atoms with van der Waals surface area (Å²) in [5.41, 5.74) is 2.08. The van der Waals surface area contributed by atoms with Gasteiger partial charge >= 0.3 is 0 Å². The van der Waals surface area contributed by atoms with Crippen molar-refractivity contribution in [2.75, 3.05) is 20.3 Å². The largest absolute Gasteiger partial charge is 0.497 e. The Labute approximate surface area is 183 Å². The third kappa shape index (κ3) is 5.53. The third-order valence-corrected chi connectivity index (χ3v) is 5.72. The Morgan fingerprint density at radius 2 is 1.61 bits per heavy atom. The lowest BCUT2D eigenvalue weighted by Gasteiger charge is -2.45. The van der Waals surface area contributed by atoms with Crippen LogP contribution < -0.4 is 4.74 Å². The first-order valence-electron chi connectivity index (χ1n) is 10.7. The molecule has 6 nitrogen and oxygen atoms in total.